The topological polar surface area (TPSA) is 176 Å². The van der Waals surface area contributed by atoms with Crippen LogP contribution in [0.5, 0.6) is 0 Å². The van der Waals surface area contributed by atoms with E-state index in [1.165, 1.54) is 17.7 Å². The fourth-order valence-electron chi connectivity index (χ4n) is 2.37. The number of rotatable bonds is 7. The summed E-state index contributed by atoms with van der Waals surface area (Å²) < 4.78 is 1.28. The predicted molar refractivity (Wildman–Crippen MR) is 91.4 cm³/mol. The zero-order chi connectivity index (χ0) is 20.3. The summed E-state index contributed by atoms with van der Waals surface area (Å²) in [6.45, 7) is 2.86. The van der Waals surface area contributed by atoms with Crippen LogP contribution in [0.25, 0.3) is 0 Å². The first-order valence-corrected chi connectivity index (χ1v) is 7.52. The highest BCUT2D eigenvalue weighted by atomic mass is 16.6. The van der Waals surface area contributed by atoms with Crippen molar-refractivity contribution in [1.29, 1.82) is 0 Å². The van der Waals surface area contributed by atoms with Gasteiger partial charge < -0.3 is 15.4 Å². The van der Waals surface area contributed by atoms with Crippen molar-refractivity contribution in [2.75, 3.05) is 5.32 Å². The van der Waals surface area contributed by atoms with Gasteiger partial charge in [0.25, 0.3) is 11.4 Å². The van der Waals surface area contributed by atoms with Crippen LogP contribution in [0.2, 0.25) is 0 Å². The first kappa shape index (κ1) is 19.4. The van der Waals surface area contributed by atoms with Crippen LogP contribution in [0.3, 0.4) is 0 Å². The van der Waals surface area contributed by atoms with Crippen molar-refractivity contribution >= 4 is 28.8 Å². The standard InChI is InChI=1S/C14H14N6O7/c1-8-5-13(20(26)27)16-17(8)4-3-14(21)15-10-6-11(18(22)23)9(2)12(7-10)19(24)25/h5-7H,3-4H2,1-2H3,(H,15,21). The number of carbonyl (C=O) groups is 1. The van der Waals surface area contributed by atoms with Crippen molar-refractivity contribution in [2.24, 2.45) is 0 Å². The molecule has 0 bridgehead atoms. The van der Waals surface area contributed by atoms with E-state index in [1.807, 2.05) is 0 Å². The number of amides is 1. The van der Waals surface area contributed by atoms with E-state index in [4.69, 9.17) is 0 Å². The van der Waals surface area contributed by atoms with Gasteiger partial charge in [0.1, 0.15) is 5.56 Å². The summed E-state index contributed by atoms with van der Waals surface area (Å²) in [6, 6.07) is 3.32. The van der Waals surface area contributed by atoms with E-state index in [0.717, 1.165) is 12.1 Å². The molecular formula is C14H14N6O7. The fourth-order valence-corrected chi connectivity index (χ4v) is 2.37. The minimum Gasteiger partial charge on any atom is -0.358 e. The lowest BCUT2D eigenvalue weighted by Gasteiger charge is -2.07. The molecule has 27 heavy (non-hydrogen) atoms. The molecule has 0 atom stereocenters. The zero-order valence-corrected chi connectivity index (χ0v) is 14.2. The highest BCUT2D eigenvalue weighted by Gasteiger charge is 2.24. The summed E-state index contributed by atoms with van der Waals surface area (Å²) in [5.41, 5.74) is -0.707. The molecule has 0 radical (unpaired) electrons. The normalized spacial score (nSPS) is 10.4. The summed E-state index contributed by atoms with van der Waals surface area (Å²) in [4.78, 5) is 42.6. The molecule has 0 aliphatic rings. The molecular weight excluding hydrogens is 364 g/mol. The third-order valence-corrected chi connectivity index (χ3v) is 3.74. The van der Waals surface area contributed by atoms with Gasteiger partial charge in [-0.2, -0.15) is 4.68 Å². The lowest BCUT2D eigenvalue weighted by Crippen LogP contribution is -2.16. The average Bonchev–Trinajstić information content (AvgIpc) is 2.95. The summed E-state index contributed by atoms with van der Waals surface area (Å²) in [7, 11) is 0. The number of nitro groups is 3. The van der Waals surface area contributed by atoms with Crippen molar-refractivity contribution < 1.29 is 19.6 Å². The van der Waals surface area contributed by atoms with Gasteiger partial charge in [-0.25, -0.2) is 0 Å². The van der Waals surface area contributed by atoms with Gasteiger partial charge in [-0.05, 0) is 18.8 Å². The first-order chi connectivity index (χ1) is 12.6. The second-order valence-corrected chi connectivity index (χ2v) is 5.58. The van der Waals surface area contributed by atoms with Gasteiger partial charge in [0, 0.05) is 18.6 Å². The van der Waals surface area contributed by atoms with Crippen LogP contribution in [-0.2, 0) is 11.3 Å². The summed E-state index contributed by atoms with van der Waals surface area (Å²) in [6.07, 6.45) is -0.144. The first-order valence-electron chi connectivity index (χ1n) is 7.52. The Morgan fingerprint density at radius 3 is 2.04 bits per heavy atom. The molecule has 1 aromatic carbocycles. The molecule has 0 saturated carbocycles. The van der Waals surface area contributed by atoms with Gasteiger partial charge in [-0.15, -0.1) is 0 Å². The Morgan fingerprint density at radius 1 is 1.04 bits per heavy atom. The molecule has 2 aromatic rings. The molecule has 0 aliphatic heterocycles. The minimum absolute atomic E-state index is 0.0293. The fraction of sp³-hybridized carbons (Fsp3) is 0.286. The monoisotopic (exact) mass is 378 g/mol. The lowest BCUT2D eigenvalue weighted by atomic mass is 10.1. The number of nitrogens with one attached hydrogen (secondary N) is 1. The van der Waals surface area contributed by atoms with Crippen LogP contribution in [0.4, 0.5) is 22.9 Å². The molecule has 1 heterocycles. The van der Waals surface area contributed by atoms with Gasteiger partial charge in [0.15, 0.2) is 0 Å². The summed E-state index contributed by atoms with van der Waals surface area (Å²) in [5.74, 6) is -0.933. The van der Waals surface area contributed by atoms with Crippen molar-refractivity contribution in [3.05, 3.63) is 59.8 Å². The van der Waals surface area contributed by atoms with Gasteiger partial charge in [0.2, 0.25) is 5.91 Å². The molecule has 142 valence electrons. The van der Waals surface area contributed by atoms with E-state index in [1.54, 1.807) is 6.92 Å². The average molecular weight is 378 g/mol. The van der Waals surface area contributed by atoms with Crippen LogP contribution in [0.1, 0.15) is 17.7 Å². The largest absolute Gasteiger partial charge is 0.390 e. The second-order valence-electron chi connectivity index (χ2n) is 5.58. The molecule has 13 heteroatoms. The van der Waals surface area contributed by atoms with Crippen LogP contribution in [0.15, 0.2) is 18.2 Å². The molecule has 1 aromatic heterocycles. The molecule has 0 saturated heterocycles. The molecule has 0 spiro atoms. The number of benzene rings is 1. The van der Waals surface area contributed by atoms with Crippen molar-refractivity contribution in [3.63, 3.8) is 0 Å². The molecule has 13 nitrogen and oxygen atoms in total. The SMILES string of the molecule is Cc1c([N+](=O)[O-])cc(NC(=O)CCn2nc([N+](=O)[O-])cc2C)cc1[N+](=O)[O-]. The van der Waals surface area contributed by atoms with E-state index in [-0.39, 0.29) is 30.0 Å². The Kier molecular flexibility index (Phi) is 5.43. The number of nitrogens with zero attached hydrogens (tertiary/aromatic N) is 5. The molecule has 1 N–H and O–H groups in total. The van der Waals surface area contributed by atoms with Crippen molar-refractivity contribution in [1.82, 2.24) is 9.78 Å². The van der Waals surface area contributed by atoms with Gasteiger partial charge >= 0.3 is 5.82 Å². The maximum atomic E-state index is 12.1. The summed E-state index contributed by atoms with van der Waals surface area (Å²) >= 11 is 0. The Balaban J connectivity index is 2.15. The zero-order valence-electron chi connectivity index (χ0n) is 14.2. The maximum Gasteiger partial charge on any atom is 0.390 e. The van der Waals surface area contributed by atoms with E-state index in [2.05, 4.69) is 10.4 Å². The van der Waals surface area contributed by atoms with Crippen LogP contribution in [-0.4, -0.2) is 30.5 Å². The van der Waals surface area contributed by atoms with Gasteiger partial charge in [-0.3, -0.25) is 25.0 Å². The van der Waals surface area contributed by atoms with Crippen LogP contribution in [0, 0.1) is 44.2 Å². The highest BCUT2D eigenvalue weighted by molar-refractivity contribution is 5.91. The molecule has 0 fully saturated rings. The number of nitro benzene ring substituents is 2. The lowest BCUT2D eigenvalue weighted by molar-refractivity contribution is -0.395. The molecule has 2 rings (SSSR count). The number of aromatic nitrogens is 2. The minimum atomic E-state index is -0.774. The number of hydrogen-bond donors (Lipinski definition) is 1. The third kappa shape index (κ3) is 4.39. The smallest absolute Gasteiger partial charge is 0.358 e. The Morgan fingerprint density at radius 2 is 1.59 bits per heavy atom. The molecule has 1 amide bonds. The van der Waals surface area contributed by atoms with Gasteiger partial charge in [0.05, 0.1) is 38.9 Å². The van der Waals surface area contributed by atoms with Crippen molar-refractivity contribution in [3.8, 4) is 0 Å². The number of aryl methyl sites for hydroxylation is 2. The Hall–Kier alpha value is -3.90. The number of hydrogen-bond acceptors (Lipinski definition) is 8. The maximum absolute atomic E-state index is 12.1. The van der Waals surface area contributed by atoms with E-state index in [9.17, 15) is 35.1 Å². The van der Waals surface area contributed by atoms with Gasteiger partial charge in [-0.1, -0.05) is 0 Å². The Bertz CT molecular complexity index is 916. The van der Waals surface area contributed by atoms with E-state index in [0.29, 0.717) is 5.69 Å². The molecule has 0 unspecified atom stereocenters. The van der Waals surface area contributed by atoms with E-state index < -0.39 is 32.1 Å². The second kappa shape index (κ2) is 7.55. The van der Waals surface area contributed by atoms with E-state index >= 15 is 0 Å². The van der Waals surface area contributed by atoms with Crippen molar-refractivity contribution in [2.45, 2.75) is 26.8 Å². The van der Waals surface area contributed by atoms with Crippen LogP contribution >= 0.6 is 0 Å². The van der Waals surface area contributed by atoms with Crippen LogP contribution < -0.4 is 5.32 Å². The predicted octanol–water partition coefficient (Wildman–Crippen LogP) is 2.25. The third-order valence-electron chi connectivity index (χ3n) is 3.74. The quantitative estimate of drug-likeness (QED) is 0.563. The number of anilines is 1. The number of carbonyl (C=O) groups excluding carboxylic acids is 1. The summed E-state index contributed by atoms with van der Waals surface area (Å²) in [5, 5.41) is 38.9. The molecule has 0 aliphatic carbocycles. The highest BCUT2D eigenvalue weighted by Crippen LogP contribution is 2.31. The Labute approximate surface area is 151 Å².